The zero-order chi connectivity index (χ0) is 18.9. The second kappa shape index (κ2) is 9.70. The van der Waals surface area contributed by atoms with Crippen molar-refractivity contribution in [1.82, 2.24) is 5.32 Å². The molecule has 0 fully saturated rings. The SMILES string of the molecule is CCCOc1ccc(CNC(=O)c2cccc(OC(C)C)c2)cc1OC. The van der Waals surface area contributed by atoms with Gasteiger partial charge in [0.1, 0.15) is 5.75 Å². The first-order valence-corrected chi connectivity index (χ1v) is 8.88. The molecule has 0 spiro atoms. The Morgan fingerprint density at radius 2 is 1.92 bits per heavy atom. The number of hydrogen-bond acceptors (Lipinski definition) is 4. The van der Waals surface area contributed by atoms with E-state index in [1.54, 1.807) is 19.2 Å². The lowest BCUT2D eigenvalue weighted by molar-refractivity contribution is 0.0950. The number of rotatable bonds is 9. The van der Waals surface area contributed by atoms with Gasteiger partial charge in [-0.2, -0.15) is 0 Å². The second-order valence-electron chi connectivity index (χ2n) is 6.21. The van der Waals surface area contributed by atoms with Gasteiger partial charge in [-0.1, -0.05) is 19.1 Å². The highest BCUT2D eigenvalue weighted by atomic mass is 16.5. The van der Waals surface area contributed by atoms with Gasteiger partial charge in [-0.05, 0) is 56.2 Å². The van der Waals surface area contributed by atoms with Gasteiger partial charge in [0, 0.05) is 12.1 Å². The Labute approximate surface area is 155 Å². The molecule has 140 valence electrons. The topological polar surface area (TPSA) is 56.8 Å². The standard InChI is InChI=1S/C21H27NO4/c1-5-11-25-19-10-9-16(12-20(19)24-4)14-22-21(23)17-7-6-8-18(13-17)26-15(2)3/h6-10,12-13,15H,5,11,14H2,1-4H3,(H,22,23). The van der Waals surface area contributed by atoms with Gasteiger partial charge in [-0.3, -0.25) is 4.79 Å². The molecule has 5 nitrogen and oxygen atoms in total. The molecule has 0 aliphatic heterocycles. The maximum Gasteiger partial charge on any atom is 0.251 e. The van der Waals surface area contributed by atoms with Crippen LogP contribution in [0.1, 0.15) is 43.1 Å². The molecule has 0 bridgehead atoms. The van der Waals surface area contributed by atoms with Crippen molar-refractivity contribution in [3.8, 4) is 17.2 Å². The predicted molar refractivity (Wildman–Crippen MR) is 102 cm³/mol. The van der Waals surface area contributed by atoms with Crippen LogP contribution in [0.15, 0.2) is 42.5 Å². The monoisotopic (exact) mass is 357 g/mol. The van der Waals surface area contributed by atoms with E-state index in [9.17, 15) is 4.79 Å². The summed E-state index contributed by atoms with van der Waals surface area (Å²) in [6.07, 6.45) is 0.995. The average Bonchev–Trinajstić information content (AvgIpc) is 2.64. The van der Waals surface area contributed by atoms with E-state index in [1.165, 1.54) is 0 Å². The highest BCUT2D eigenvalue weighted by Gasteiger charge is 2.09. The van der Waals surface area contributed by atoms with Gasteiger partial charge in [0.05, 0.1) is 19.8 Å². The van der Waals surface area contributed by atoms with Crippen LogP contribution >= 0.6 is 0 Å². The third-order valence-corrected chi connectivity index (χ3v) is 3.61. The molecule has 2 aromatic rings. The average molecular weight is 357 g/mol. The van der Waals surface area contributed by atoms with Crippen molar-refractivity contribution in [3.05, 3.63) is 53.6 Å². The molecule has 1 N–H and O–H groups in total. The Bertz CT molecular complexity index is 728. The Balaban J connectivity index is 2.00. The van der Waals surface area contributed by atoms with Crippen molar-refractivity contribution in [2.24, 2.45) is 0 Å². The molecule has 5 heteroatoms. The van der Waals surface area contributed by atoms with E-state index in [4.69, 9.17) is 14.2 Å². The van der Waals surface area contributed by atoms with E-state index in [0.717, 1.165) is 12.0 Å². The summed E-state index contributed by atoms with van der Waals surface area (Å²) in [7, 11) is 1.61. The van der Waals surface area contributed by atoms with E-state index in [2.05, 4.69) is 12.2 Å². The van der Waals surface area contributed by atoms with E-state index in [-0.39, 0.29) is 12.0 Å². The summed E-state index contributed by atoms with van der Waals surface area (Å²) in [6, 6.07) is 12.8. The molecule has 0 atom stereocenters. The minimum absolute atomic E-state index is 0.0641. The summed E-state index contributed by atoms with van der Waals surface area (Å²) in [4.78, 5) is 12.4. The molecule has 1 amide bonds. The molecule has 0 unspecified atom stereocenters. The Kier molecular flexibility index (Phi) is 7.33. The Morgan fingerprint density at radius 3 is 2.62 bits per heavy atom. The van der Waals surface area contributed by atoms with Crippen LogP contribution < -0.4 is 19.5 Å². The van der Waals surface area contributed by atoms with Crippen LogP contribution in [0.25, 0.3) is 0 Å². The number of methoxy groups -OCH3 is 1. The summed E-state index contributed by atoms with van der Waals surface area (Å²) in [5, 5.41) is 2.92. The molecule has 0 radical (unpaired) electrons. The maximum absolute atomic E-state index is 12.4. The van der Waals surface area contributed by atoms with Gasteiger partial charge in [0.15, 0.2) is 11.5 Å². The summed E-state index contributed by atoms with van der Waals surface area (Å²) < 4.78 is 16.7. The number of amides is 1. The number of ether oxygens (including phenoxy) is 3. The van der Waals surface area contributed by atoms with Gasteiger partial charge in [0.25, 0.3) is 5.91 Å². The van der Waals surface area contributed by atoms with E-state index < -0.39 is 0 Å². The van der Waals surface area contributed by atoms with Crippen LogP contribution in [0.2, 0.25) is 0 Å². The zero-order valence-electron chi connectivity index (χ0n) is 15.9. The van der Waals surface area contributed by atoms with Crippen LogP contribution in [0.3, 0.4) is 0 Å². The summed E-state index contributed by atoms with van der Waals surface area (Å²) in [5.41, 5.74) is 1.51. The fourth-order valence-electron chi connectivity index (χ4n) is 2.42. The molecule has 0 aromatic heterocycles. The molecule has 0 saturated heterocycles. The fraction of sp³-hybridized carbons (Fsp3) is 0.381. The minimum atomic E-state index is -0.149. The first-order chi connectivity index (χ1) is 12.5. The normalized spacial score (nSPS) is 10.5. The van der Waals surface area contributed by atoms with Crippen molar-refractivity contribution < 1.29 is 19.0 Å². The highest BCUT2D eigenvalue weighted by molar-refractivity contribution is 5.94. The molecule has 0 saturated carbocycles. The van der Waals surface area contributed by atoms with Gasteiger partial charge >= 0.3 is 0 Å². The molecule has 0 aliphatic carbocycles. The second-order valence-corrected chi connectivity index (χ2v) is 6.21. The van der Waals surface area contributed by atoms with Crippen molar-refractivity contribution in [2.75, 3.05) is 13.7 Å². The van der Waals surface area contributed by atoms with Crippen LogP contribution in [-0.2, 0) is 6.54 Å². The quantitative estimate of drug-likeness (QED) is 0.731. The largest absolute Gasteiger partial charge is 0.493 e. The first-order valence-electron chi connectivity index (χ1n) is 8.88. The van der Waals surface area contributed by atoms with Gasteiger partial charge < -0.3 is 19.5 Å². The number of hydrogen-bond donors (Lipinski definition) is 1. The number of carbonyl (C=O) groups is 1. The van der Waals surface area contributed by atoms with E-state index in [0.29, 0.717) is 36.0 Å². The summed E-state index contributed by atoms with van der Waals surface area (Å²) >= 11 is 0. The smallest absolute Gasteiger partial charge is 0.251 e. The molecule has 0 heterocycles. The van der Waals surface area contributed by atoms with Crippen molar-refractivity contribution >= 4 is 5.91 Å². The molecule has 2 rings (SSSR count). The van der Waals surface area contributed by atoms with Gasteiger partial charge in [-0.25, -0.2) is 0 Å². The summed E-state index contributed by atoms with van der Waals surface area (Å²) in [6.45, 7) is 7.00. The summed E-state index contributed by atoms with van der Waals surface area (Å²) in [5.74, 6) is 1.91. The zero-order valence-corrected chi connectivity index (χ0v) is 15.9. The van der Waals surface area contributed by atoms with Gasteiger partial charge in [-0.15, -0.1) is 0 Å². The molecule has 0 aliphatic rings. The van der Waals surface area contributed by atoms with E-state index >= 15 is 0 Å². The molecular weight excluding hydrogens is 330 g/mol. The Morgan fingerprint density at radius 1 is 1.12 bits per heavy atom. The van der Waals surface area contributed by atoms with Crippen LogP contribution in [0.5, 0.6) is 17.2 Å². The highest BCUT2D eigenvalue weighted by Crippen LogP contribution is 2.28. The van der Waals surface area contributed by atoms with Crippen molar-refractivity contribution in [1.29, 1.82) is 0 Å². The lowest BCUT2D eigenvalue weighted by Gasteiger charge is -2.13. The lowest BCUT2D eigenvalue weighted by Crippen LogP contribution is -2.22. The minimum Gasteiger partial charge on any atom is -0.493 e. The fourth-order valence-corrected chi connectivity index (χ4v) is 2.42. The van der Waals surface area contributed by atoms with Crippen LogP contribution in [0, 0.1) is 0 Å². The van der Waals surface area contributed by atoms with Crippen molar-refractivity contribution in [2.45, 2.75) is 39.8 Å². The predicted octanol–water partition coefficient (Wildman–Crippen LogP) is 4.20. The lowest BCUT2D eigenvalue weighted by atomic mass is 10.1. The maximum atomic E-state index is 12.4. The van der Waals surface area contributed by atoms with Crippen LogP contribution in [-0.4, -0.2) is 25.7 Å². The third-order valence-electron chi connectivity index (χ3n) is 3.61. The van der Waals surface area contributed by atoms with Crippen LogP contribution in [0.4, 0.5) is 0 Å². The number of benzene rings is 2. The number of nitrogens with one attached hydrogen (secondary N) is 1. The van der Waals surface area contributed by atoms with Crippen molar-refractivity contribution in [3.63, 3.8) is 0 Å². The third kappa shape index (κ3) is 5.69. The molecular formula is C21H27NO4. The van der Waals surface area contributed by atoms with E-state index in [1.807, 2.05) is 44.2 Å². The molecule has 2 aromatic carbocycles. The van der Waals surface area contributed by atoms with Gasteiger partial charge in [0.2, 0.25) is 0 Å². The molecule has 26 heavy (non-hydrogen) atoms. The Hall–Kier alpha value is -2.69. The number of carbonyl (C=O) groups excluding carboxylic acids is 1. The first kappa shape index (κ1) is 19.6.